The van der Waals surface area contributed by atoms with E-state index in [9.17, 15) is 0 Å². The van der Waals surface area contributed by atoms with Crippen molar-refractivity contribution in [2.45, 2.75) is 63.9 Å². The monoisotopic (exact) mass is 465 g/mol. The Bertz CT molecular complexity index is 407. The molecular weight excluding hydrogens is 429 g/mol. The molecule has 0 radical (unpaired) electrons. The largest absolute Gasteiger partial charge is 0.379 e. The molecule has 2 saturated heterocycles. The summed E-state index contributed by atoms with van der Waals surface area (Å²) in [5.74, 6) is 1.08. The lowest BCUT2D eigenvalue weighted by molar-refractivity contribution is 0.0168. The Morgan fingerprint density at radius 2 is 2.08 bits per heavy atom. The zero-order valence-corrected chi connectivity index (χ0v) is 18.1. The van der Waals surface area contributed by atoms with Gasteiger partial charge in [0.15, 0.2) is 5.96 Å². The predicted octanol–water partition coefficient (Wildman–Crippen LogP) is 3.42. The maximum absolute atomic E-state index is 5.73. The molecule has 2 aliphatic heterocycles. The second kappa shape index (κ2) is 10.9. The van der Waals surface area contributed by atoms with Crippen molar-refractivity contribution in [3.05, 3.63) is 0 Å². The third-order valence-electron chi connectivity index (χ3n) is 5.94. The van der Waals surface area contributed by atoms with E-state index in [4.69, 9.17) is 9.47 Å². The Hall–Kier alpha value is -0.0800. The number of aliphatic imine (C=N–C) groups is 1. The molecule has 1 spiro atoms. The van der Waals surface area contributed by atoms with Crippen molar-refractivity contribution in [1.82, 2.24) is 10.2 Å². The lowest BCUT2D eigenvalue weighted by Gasteiger charge is -2.33. The summed E-state index contributed by atoms with van der Waals surface area (Å²) in [5, 5.41) is 3.53. The van der Waals surface area contributed by atoms with E-state index in [-0.39, 0.29) is 24.0 Å². The van der Waals surface area contributed by atoms with Gasteiger partial charge in [0.25, 0.3) is 0 Å². The van der Waals surface area contributed by atoms with Crippen LogP contribution in [-0.4, -0.2) is 63.5 Å². The average molecular weight is 465 g/mol. The highest BCUT2D eigenvalue weighted by molar-refractivity contribution is 14.0. The van der Waals surface area contributed by atoms with Gasteiger partial charge in [-0.3, -0.25) is 4.99 Å². The first-order chi connectivity index (χ1) is 11.8. The van der Waals surface area contributed by atoms with Crippen LogP contribution < -0.4 is 5.32 Å². The van der Waals surface area contributed by atoms with Gasteiger partial charge in [-0.15, -0.1) is 24.0 Å². The average Bonchev–Trinajstić information content (AvgIpc) is 3.26. The number of guanidine groups is 1. The molecule has 1 unspecified atom stereocenters. The van der Waals surface area contributed by atoms with E-state index < -0.39 is 0 Å². The van der Waals surface area contributed by atoms with Crippen LogP contribution in [0.15, 0.2) is 4.99 Å². The molecule has 0 bridgehead atoms. The van der Waals surface area contributed by atoms with Gasteiger partial charge in [-0.1, -0.05) is 19.3 Å². The van der Waals surface area contributed by atoms with Gasteiger partial charge >= 0.3 is 0 Å². The Balaban J connectivity index is 0.00000225. The van der Waals surface area contributed by atoms with Crippen LogP contribution in [0.5, 0.6) is 0 Å². The van der Waals surface area contributed by atoms with Crippen molar-refractivity contribution < 1.29 is 9.47 Å². The van der Waals surface area contributed by atoms with E-state index in [0.717, 1.165) is 51.7 Å². The van der Waals surface area contributed by atoms with E-state index in [1.807, 2.05) is 7.05 Å². The number of hydrogen-bond donors (Lipinski definition) is 1. The van der Waals surface area contributed by atoms with Crippen molar-refractivity contribution >= 4 is 29.9 Å². The van der Waals surface area contributed by atoms with Gasteiger partial charge in [-0.2, -0.15) is 0 Å². The molecule has 0 aromatic carbocycles. The molecule has 1 saturated carbocycles. The van der Waals surface area contributed by atoms with Crippen LogP contribution in [0.2, 0.25) is 0 Å². The molecule has 3 rings (SSSR count). The van der Waals surface area contributed by atoms with Gasteiger partial charge in [0.1, 0.15) is 0 Å². The van der Waals surface area contributed by atoms with Crippen LogP contribution >= 0.6 is 24.0 Å². The summed E-state index contributed by atoms with van der Waals surface area (Å²) < 4.78 is 11.3. The second-order valence-corrected chi connectivity index (χ2v) is 7.77. The summed E-state index contributed by atoms with van der Waals surface area (Å²) in [6, 6.07) is 0. The number of rotatable bonds is 6. The molecule has 6 heteroatoms. The Labute approximate surface area is 170 Å². The normalized spacial score (nSPS) is 26.0. The summed E-state index contributed by atoms with van der Waals surface area (Å²) in [5.41, 5.74) is 0.584. The molecule has 0 amide bonds. The number of nitrogens with one attached hydrogen (secondary N) is 1. The molecular formula is C19H36IN3O2. The van der Waals surface area contributed by atoms with Crippen molar-refractivity contribution in [2.75, 3.05) is 46.5 Å². The van der Waals surface area contributed by atoms with Gasteiger partial charge in [0.2, 0.25) is 0 Å². The van der Waals surface area contributed by atoms with E-state index in [1.54, 1.807) is 0 Å². The van der Waals surface area contributed by atoms with E-state index in [2.05, 4.69) is 15.2 Å². The Morgan fingerprint density at radius 1 is 1.24 bits per heavy atom. The van der Waals surface area contributed by atoms with Gasteiger partial charge in [0, 0.05) is 39.9 Å². The lowest BCUT2D eigenvalue weighted by Crippen LogP contribution is -2.42. The zero-order valence-electron chi connectivity index (χ0n) is 15.8. The predicted molar refractivity (Wildman–Crippen MR) is 113 cm³/mol. The molecule has 1 N–H and O–H groups in total. The molecule has 25 heavy (non-hydrogen) atoms. The van der Waals surface area contributed by atoms with E-state index in [0.29, 0.717) is 11.5 Å². The maximum atomic E-state index is 5.73. The first-order valence-corrected chi connectivity index (χ1v) is 9.96. The number of hydrogen-bond acceptors (Lipinski definition) is 3. The van der Waals surface area contributed by atoms with Crippen LogP contribution in [0.25, 0.3) is 0 Å². The lowest BCUT2D eigenvalue weighted by atomic mass is 9.73. The maximum Gasteiger partial charge on any atom is 0.193 e. The Morgan fingerprint density at radius 3 is 2.80 bits per heavy atom. The van der Waals surface area contributed by atoms with E-state index in [1.165, 1.54) is 51.5 Å². The first kappa shape index (κ1) is 21.2. The number of ether oxygens (including phenoxy) is 2. The van der Waals surface area contributed by atoms with Crippen molar-refractivity contribution in [3.63, 3.8) is 0 Å². The van der Waals surface area contributed by atoms with Crippen LogP contribution in [0, 0.1) is 5.41 Å². The van der Waals surface area contributed by atoms with Crippen molar-refractivity contribution in [1.29, 1.82) is 0 Å². The van der Waals surface area contributed by atoms with Gasteiger partial charge in [-0.05, 0) is 43.9 Å². The smallest absolute Gasteiger partial charge is 0.193 e. The third-order valence-corrected chi connectivity index (χ3v) is 5.94. The molecule has 1 aliphatic carbocycles. The molecule has 146 valence electrons. The minimum atomic E-state index is 0. The Kier molecular flexibility index (Phi) is 9.27. The third kappa shape index (κ3) is 6.24. The fourth-order valence-corrected chi connectivity index (χ4v) is 4.52. The zero-order chi connectivity index (χ0) is 16.7. The summed E-state index contributed by atoms with van der Waals surface area (Å²) in [6.45, 7) is 5.75. The molecule has 0 aromatic heterocycles. The van der Waals surface area contributed by atoms with Crippen molar-refractivity contribution in [3.8, 4) is 0 Å². The number of nitrogens with zero attached hydrogens (tertiary/aromatic N) is 2. The fraction of sp³-hybridized carbons (Fsp3) is 0.947. The standard InChI is InChI=1S/C19H35N3O2.HI/c1-20-18(21-11-6-13-23-15-17-7-5-14-24-17)22-12-10-19(16-22)8-3-2-4-9-19;/h17H,2-16H2,1H3,(H,20,21);1H. The van der Waals surface area contributed by atoms with Crippen LogP contribution in [0.1, 0.15) is 57.8 Å². The fourth-order valence-electron chi connectivity index (χ4n) is 4.52. The highest BCUT2D eigenvalue weighted by Crippen LogP contribution is 2.43. The van der Waals surface area contributed by atoms with Crippen LogP contribution in [-0.2, 0) is 9.47 Å². The van der Waals surface area contributed by atoms with Crippen LogP contribution in [0.3, 0.4) is 0 Å². The summed E-state index contributed by atoms with van der Waals surface area (Å²) in [4.78, 5) is 6.97. The van der Waals surface area contributed by atoms with Crippen LogP contribution in [0.4, 0.5) is 0 Å². The molecule has 5 nitrogen and oxygen atoms in total. The first-order valence-electron chi connectivity index (χ1n) is 9.96. The SMILES string of the molecule is CN=C(NCCCOCC1CCCO1)N1CCC2(CCCCC2)C1.I. The summed E-state index contributed by atoms with van der Waals surface area (Å²) in [7, 11) is 1.90. The molecule has 0 aromatic rings. The molecule has 3 aliphatic rings. The van der Waals surface area contributed by atoms with E-state index >= 15 is 0 Å². The highest BCUT2D eigenvalue weighted by Gasteiger charge is 2.39. The number of likely N-dealkylation sites (tertiary alicyclic amines) is 1. The van der Waals surface area contributed by atoms with Gasteiger partial charge in [0.05, 0.1) is 12.7 Å². The van der Waals surface area contributed by atoms with Gasteiger partial charge < -0.3 is 19.7 Å². The summed E-state index contributed by atoms with van der Waals surface area (Å²) in [6.07, 6.45) is 12.1. The minimum Gasteiger partial charge on any atom is -0.379 e. The number of halogens is 1. The van der Waals surface area contributed by atoms with Gasteiger partial charge in [-0.25, -0.2) is 0 Å². The second-order valence-electron chi connectivity index (χ2n) is 7.77. The highest BCUT2D eigenvalue weighted by atomic mass is 127. The van der Waals surface area contributed by atoms with Crippen molar-refractivity contribution in [2.24, 2.45) is 10.4 Å². The minimum absolute atomic E-state index is 0. The topological polar surface area (TPSA) is 46.1 Å². The molecule has 3 fully saturated rings. The molecule has 1 atom stereocenters. The molecule has 2 heterocycles. The quantitative estimate of drug-likeness (QED) is 0.283. The summed E-state index contributed by atoms with van der Waals surface area (Å²) >= 11 is 0.